The number of amides is 1. The first-order valence-corrected chi connectivity index (χ1v) is 12.3. The number of aliphatic hydroxyl groups excluding tert-OH is 1. The van der Waals surface area contributed by atoms with Crippen LogP contribution in [0.4, 0.5) is 0 Å². The number of benzene rings is 3. The van der Waals surface area contributed by atoms with Crippen molar-refractivity contribution in [2.24, 2.45) is 0 Å². The Kier molecular flexibility index (Phi) is 7.74. The second kappa shape index (κ2) is 11.0. The number of fused-ring (bicyclic) bond motifs is 1. The number of methoxy groups -OCH3 is 2. The maximum absolute atomic E-state index is 13.7. The van der Waals surface area contributed by atoms with E-state index in [1.165, 1.54) is 0 Å². The van der Waals surface area contributed by atoms with Crippen LogP contribution in [0.15, 0.2) is 66.9 Å². The van der Waals surface area contributed by atoms with Gasteiger partial charge in [-0.3, -0.25) is 4.79 Å². The van der Waals surface area contributed by atoms with Crippen molar-refractivity contribution in [1.82, 2.24) is 10.3 Å². The van der Waals surface area contributed by atoms with E-state index in [-0.39, 0.29) is 18.6 Å². The summed E-state index contributed by atoms with van der Waals surface area (Å²) < 4.78 is 16.8. The molecule has 1 heterocycles. The number of para-hydroxylation sites is 1. The van der Waals surface area contributed by atoms with Crippen molar-refractivity contribution in [1.29, 1.82) is 0 Å². The largest absolute Gasteiger partial charge is 0.493 e. The van der Waals surface area contributed by atoms with Gasteiger partial charge in [0.1, 0.15) is 5.75 Å². The Bertz CT molecular complexity index is 1390. The fourth-order valence-corrected chi connectivity index (χ4v) is 4.44. The predicted molar refractivity (Wildman–Crippen MR) is 146 cm³/mol. The van der Waals surface area contributed by atoms with Gasteiger partial charge in [0.2, 0.25) is 0 Å². The molecule has 37 heavy (non-hydrogen) atoms. The highest BCUT2D eigenvalue weighted by atomic mass is 16.5. The fourth-order valence-electron chi connectivity index (χ4n) is 4.44. The van der Waals surface area contributed by atoms with E-state index in [0.29, 0.717) is 29.2 Å². The van der Waals surface area contributed by atoms with E-state index in [4.69, 9.17) is 14.2 Å². The first-order chi connectivity index (χ1) is 17.8. The lowest BCUT2D eigenvalue weighted by atomic mass is 9.92. The molecule has 0 saturated heterocycles. The smallest absolute Gasteiger partial charge is 0.255 e. The Hall–Kier alpha value is -3.97. The minimum absolute atomic E-state index is 0.117. The summed E-state index contributed by atoms with van der Waals surface area (Å²) in [7, 11) is 3.18. The highest BCUT2D eigenvalue weighted by Crippen LogP contribution is 2.34. The number of aromatic nitrogens is 1. The van der Waals surface area contributed by atoms with Crippen LogP contribution in [0.2, 0.25) is 0 Å². The number of hydrogen-bond donors (Lipinski definition) is 3. The number of carbonyl (C=O) groups is 1. The summed E-state index contributed by atoms with van der Waals surface area (Å²) in [4.78, 5) is 16.9. The number of carbonyl (C=O) groups excluding carboxylic acids is 1. The third-order valence-corrected chi connectivity index (χ3v) is 6.32. The summed E-state index contributed by atoms with van der Waals surface area (Å²) in [5.74, 6) is 1.37. The molecule has 1 unspecified atom stereocenters. The molecule has 194 valence electrons. The third-order valence-electron chi connectivity index (χ3n) is 6.32. The van der Waals surface area contributed by atoms with E-state index < -0.39 is 5.54 Å². The van der Waals surface area contributed by atoms with Crippen LogP contribution in [-0.4, -0.2) is 48.5 Å². The van der Waals surface area contributed by atoms with Crippen LogP contribution in [0.3, 0.4) is 0 Å². The molecule has 3 N–H and O–H groups in total. The quantitative estimate of drug-likeness (QED) is 0.271. The van der Waals surface area contributed by atoms with Crippen LogP contribution in [0.25, 0.3) is 22.0 Å². The van der Waals surface area contributed by atoms with Crippen molar-refractivity contribution < 1.29 is 24.1 Å². The van der Waals surface area contributed by atoms with Crippen LogP contribution >= 0.6 is 0 Å². The number of nitrogens with one attached hydrogen (secondary N) is 2. The molecule has 1 amide bonds. The predicted octanol–water partition coefficient (Wildman–Crippen LogP) is 5.36. The molecule has 0 bridgehead atoms. The Labute approximate surface area is 217 Å². The van der Waals surface area contributed by atoms with Gasteiger partial charge < -0.3 is 29.6 Å². The number of ether oxygens (including phenoxy) is 3. The van der Waals surface area contributed by atoms with Crippen molar-refractivity contribution in [2.45, 2.75) is 38.8 Å². The summed E-state index contributed by atoms with van der Waals surface area (Å²) >= 11 is 0. The van der Waals surface area contributed by atoms with Crippen molar-refractivity contribution in [3.63, 3.8) is 0 Å². The minimum atomic E-state index is -0.892. The van der Waals surface area contributed by atoms with Gasteiger partial charge in [-0.2, -0.15) is 0 Å². The van der Waals surface area contributed by atoms with Gasteiger partial charge in [0.25, 0.3) is 5.91 Å². The van der Waals surface area contributed by atoms with Gasteiger partial charge >= 0.3 is 0 Å². The molecule has 4 aromatic rings. The molecule has 1 atom stereocenters. The summed E-state index contributed by atoms with van der Waals surface area (Å²) in [6, 6.07) is 19.1. The molecule has 0 saturated carbocycles. The maximum atomic E-state index is 13.7. The number of H-pyrrole nitrogens is 1. The number of hydrogen-bond acceptors (Lipinski definition) is 5. The van der Waals surface area contributed by atoms with E-state index >= 15 is 0 Å². The first kappa shape index (κ1) is 26.1. The van der Waals surface area contributed by atoms with Crippen LogP contribution < -0.4 is 19.5 Å². The standard InChI is InChI=1S/C30H34N2O5/c1-19(2)37-26-12-10-20(21-11-13-27(35-4)28(15-21)36-5)14-24(26)29(34)32-30(3,18-33)16-22-17-31-25-9-7-6-8-23(22)25/h6-15,17,19,31,33H,16,18H2,1-5H3,(H,32,34). The lowest BCUT2D eigenvalue weighted by molar-refractivity contribution is 0.0846. The molecule has 0 aliphatic carbocycles. The zero-order valence-electron chi connectivity index (χ0n) is 21.9. The molecule has 0 radical (unpaired) electrons. The third kappa shape index (κ3) is 5.73. The summed E-state index contributed by atoms with van der Waals surface area (Å²) in [6.45, 7) is 5.44. The normalized spacial score (nSPS) is 12.8. The number of aliphatic hydroxyl groups is 1. The molecular formula is C30H34N2O5. The van der Waals surface area contributed by atoms with Crippen molar-refractivity contribution in [3.8, 4) is 28.4 Å². The van der Waals surface area contributed by atoms with E-state index in [2.05, 4.69) is 10.3 Å². The number of rotatable bonds is 10. The lowest BCUT2D eigenvalue weighted by Crippen LogP contribution is -2.50. The molecule has 0 fully saturated rings. The van der Waals surface area contributed by atoms with Crippen molar-refractivity contribution in [2.75, 3.05) is 20.8 Å². The summed E-state index contributed by atoms with van der Waals surface area (Å²) in [5, 5.41) is 14.5. The van der Waals surface area contributed by atoms with Gasteiger partial charge in [0.15, 0.2) is 11.5 Å². The van der Waals surface area contributed by atoms with Gasteiger partial charge in [-0.1, -0.05) is 30.3 Å². The first-order valence-electron chi connectivity index (χ1n) is 12.3. The van der Waals surface area contributed by atoms with Crippen LogP contribution in [0, 0.1) is 0 Å². The van der Waals surface area contributed by atoms with E-state index in [9.17, 15) is 9.90 Å². The highest BCUT2D eigenvalue weighted by molar-refractivity contribution is 5.99. The van der Waals surface area contributed by atoms with Crippen molar-refractivity contribution in [3.05, 3.63) is 78.0 Å². The molecule has 7 heteroatoms. The molecule has 7 nitrogen and oxygen atoms in total. The minimum Gasteiger partial charge on any atom is -0.493 e. The SMILES string of the molecule is COc1ccc(-c2ccc(OC(C)C)c(C(=O)NC(C)(CO)Cc3c[nH]c4ccccc34)c2)cc1OC. The summed E-state index contributed by atoms with van der Waals surface area (Å²) in [6.07, 6.45) is 2.26. The molecule has 0 aliphatic heterocycles. The Morgan fingerprint density at radius 3 is 2.32 bits per heavy atom. The van der Waals surface area contributed by atoms with Gasteiger partial charge in [-0.25, -0.2) is 0 Å². The van der Waals surface area contributed by atoms with Crippen LogP contribution in [0.5, 0.6) is 17.2 Å². The fraction of sp³-hybridized carbons (Fsp3) is 0.300. The molecule has 0 spiro atoms. The zero-order valence-corrected chi connectivity index (χ0v) is 21.9. The number of aromatic amines is 1. The van der Waals surface area contributed by atoms with E-state index in [1.54, 1.807) is 26.4 Å². The Balaban J connectivity index is 1.67. The van der Waals surface area contributed by atoms with Crippen molar-refractivity contribution >= 4 is 16.8 Å². The average molecular weight is 503 g/mol. The zero-order chi connectivity index (χ0) is 26.6. The van der Waals surface area contributed by atoms with Gasteiger partial charge in [0.05, 0.1) is 38.0 Å². The maximum Gasteiger partial charge on any atom is 0.255 e. The Morgan fingerprint density at radius 2 is 1.65 bits per heavy atom. The average Bonchev–Trinajstić information content (AvgIpc) is 3.30. The second-order valence-electron chi connectivity index (χ2n) is 9.66. The molecule has 3 aromatic carbocycles. The second-order valence-corrected chi connectivity index (χ2v) is 9.66. The van der Waals surface area contributed by atoms with Gasteiger partial charge in [0, 0.05) is 17.1 Å². The molecule has 0 aliphatic rings. The van der Waals surface area contributed by atoms with Gasteiger partial charge in [-0.15, -0.1) is 0 Å². The lowest BCUT2D eigenvalue weighted by Gasteiger charge is -2.29. The molecule has 4 rings (SSSR count). The topological polar surface area (TPSA) is 92.8 Å². The summed E-state index contributed by atoms with van der Waals surface area (Å²) in [5.41, 5.74) is 3.22. The van der Waals surface area contributed by atoms with Crippen LogP contribution in [-0.2, 0) is 6.42 Å². The van der Waals surface area contributed by atoms with E-state index in [1.807, 2.05) is 75.5 Å². The van der Waals surface area contributed by atoms with E-state index in [0.717, 1.165) is 27.6 Å². The monoisotopic (exact) mass is 502 g/mol. The molecule has 1 aromatic heterocycles. The van der Waals surface area contributed by atoms with Crippen LogP contribution in [0.1, 0.15) is 36.7 Å². The highest BCUT2D eigenvalue weighted by Gasteiger charge is 2.29. The Morgan fingerprint density at radius 1 is 0.973 bits per heavy atom. The van der Waals surface area contributed by atoms with Gasteiger partial charge in [-0.05, 0) is 74.2 Å². The molecular weight excluding hydrogens is 468 g/mol.